The van der Waals surface area contributed by atoms with Crippen LogP contribution in [-0.2, 0) is 21.4 Å². The number of methoxy groups -OCH3 is 1. The largest absolute Gasteiger partial charge is 0.486 e. The average Bonchev–Trinajstić information content (AvgIpc) is 3.03. The third kappa shape index (κ3) is 2.32. The lowest BCUT2D eigenvalue weighted by Crippen LogP contribution is -2.74. The highest BCUT2D eigenvalue weighted by molar-refractivity contribution is 5.82. The van der Waals surface area contributed by atoms with E-state index in [2.05, 4.69) is 57.0 Å². The van der Waals surface area contributed by atoms with Crippen LogP contribution in [0.15, 0.2) is 24.3 Å². The Morgan fingerprint density at radius 1 is 1.40 bits per heavy atom. The van der Waals surface area contributed by atoms with Crippen LogP contribution in [0.25, 0.3) is 0 Å². The molecule has 0 unspecified atom stereocenters. The zero-order valence-corrected chi connectivity index (χ0v) is 19.0. The van der Waals surface area contributed by atoms with Gasteiger partial charge in [-0.25, -0.2) is 0 Å². The van der Waals surface area contributed by atoms with Gasteiger partial charge in [0.25, 0.3) is 0 Å². The molecule has 2 aliphatic heterocycles. The van der Waals surface area contributed by atoms with Crippen LogP contribution in [0.3, 0.4) is 0 Å². The Hall–Kier alpha value is -1.65. The maximum atomic E-state index is 13.3. The highest BCUT2D eigenvalue weighted by Gasteiger charge is 2.73. The van der Waals surface area contributed by atoms with Gasteiger partial charge in [0.05, 0.1) is 5.41 Å². The van der Waals surface area contributed by atoms with Gasteiger partial charge in [-0.3, -0.25) is 4.79 Å². The zero-order valence-electron chi connectivity index (χ0n) is 19.0. The summed E-state index contributed by atoms with van der Waals surface area (Å²) in [5.41, 5.74) is 3.90. The lowest BCUT2D eigenvalue weighted by molar-refractivity contribution is -0.174. The number of rotatable bonds is 5. The Balaban J connectivity index is 1.78. The molecule has 5 rings (SSSR count). The minimum atomic E-state index is -0.190. The normalized spacial score (nSPS) is 39.1. The predicted octanol–water partition coefficient (Wildman–Crippen LogP) is 4.22. The Kier molecular flexibility index (Phi) is 4.68. The van der Waals surface area contributed by atoms with Crippen LogP contribution in [0.1, 0.15) is 56.2 Å². The number of likely N-dealkylation sites (tertiary alicyclic amines) is 1. The molecule has 2 heterocycles. The summed E-state index contributed by atoms with van der Waals surface area (Å²) in [4.78, 5) is 15.9. The fourth-order valence-electron chi connectivity index (χ4n) is 7.71. The summed E-state index contributed by atoms with van der Waals surface area (Å²) in [7, 11) is 4.03. The summed E-state index contributed by atoms with van der Waals surface area (Å²) < 4.78 is 12.9. The smallest absolute Gasteiger partial charge is 0.138 e. The molecule has 0 amide bonds. The third-order valence-electron chi connectivity index (χ3n) is 8.64. The van der Waals surface area contributed by atoms with Crippen LogP contribution in [0.4, 0.5) is 0 Å². The molecular formula is C26H35NO3. The molecule has 0 aromatic heterocycles. The van der Waals surface area contributed by atoms with Crippen molar-refractivity contribution in [2.24, 2.45) is 11.3 Å². The highest BCUT2D eigenvalue weighted by Crippen LogP contribution is 2.69. The van der Waals surface area contributed by atoms with E-state index in [4.69, 9.17) is 9.47 Å². The molecule has 1 aromatic rings. The first-order valence-electron chi connectivity index (χ1n) is 11.6. The average molecular weight is 410 g/mol. The molecule has 1 saturated heterocycles. The number of ether oxygens (including phenoxy) is 2. The van der Waals surface area contributed by atoms with Crippen molar-refractivity contribution in [1.82, 2.24) is 4.90 Å². The number of allylic oxidation sites excluding steroid dienone is 1. The summed E-state index contributed by atoms with van der Waals surface area (Å²) >= 11 is 0. The van der Waals surface area contributed by atoms with E-state index < -0.39 is 0 Å². The lowest BCUT2D eigenvalue weighted by atomic mass is 9.41. The molecular weight excluding hydrogens is 374 g/mol. The van der Waals surface area contributed by atoms with Crippen LogP contribution < -0.4 is 4.74 Å². The van der Waals surface area contributed by atoms with E-state index in [1.54, 1.807) is 7.11 Å². The summed E-state index contributed by atoms with van der Waals surface area (Å²) in [5.74, 6) is 1.26. The molecule has 6 atom stereocenters. The minimum absolute atomic E-state index is 0.101. The summed E-state index contributed by atoms with van der Waals surface area (Å²) in [5, 5.41) is 0. The Morgan fingerprint density at radius 2 is 2.20 bits per heavy atom. The van der Waals surface area contributed by atoms with Gasteiger partial charge in [-0.15, -0.1) is 0 Å². The molecule has 1 spiro atoms. The SMILES string of the molecule is C/C=C/[C@]12C[C@H](C(=O)CCC)[C@@H](OC)[C@@H]3Oc4cc(C)cc5c4[C@@]31CCN(C)[C@@H]2C5. The molecule has 30 heavy (non-hydrogen) atoms. The zero-order chi connectivity index (χ0) is 21.3. The predicted molar refractivity (Wildman–Crippen MR) is 118 cm³/mol. The third-order valence-corrected chi connectivity index (χ3v) is 8.64. The van der Waals surface area contributed by atoms with Gasteiger partial charge < -0.3 is 14.4 Å². The molecule has 162 valence electrons. The molecule has 1 aromatic carbocycles. The van der Waals surface area contributed by atoms with Gasteiger partial charge in [-0.2, -0.15) is 0 Å². The fraction of sp³-hybridized carbons (Fsp3) is 0.654. The van der Waals surface area contributed by atoms with E-state index in [9.17, 15) is 4.79 Å². The first-order valence-corrected chi connectivity index (χ1v) is 11.6. The van der Waals surface area contributed by atoms with Crippen LogP contribution in [0, 0.1) is 18.3 Å². The van der Waals surface area contributed by atoms with Crippen molar-refractivity contribution in [2.75, 3.05) is 20.7 Å². The molecule has 2 fully saturated rings. The number of nitrogens with zero attached hydrogens (tertiary/aromatic N) is 1. The molecule has 4 heteroatoms. The van der Waals surface area contributed by atoms with Crippen molar-refractivity contribution in [2.45, 2.75) is 76.5 Å². The Bertz CT molecular complexity index is 908. The number of benzene rings is 1. The standard InChI is InChI=1S/C26H35NO3/c1-6-8-19(28)18-15-25(9-7-2)21-14-17-12-16(3)13-20-22(17)26(25,10-11-27(21)4)24(30-20)23(18)29-5/h7,9,12-13,18,21,23-24H,6,8,10-11,14-15H2,1-5H3/b9-7+/t18-,21-,23-,24+,25-,26+/m1/s1. The number of aryl methyl sites for hydroxylation is 1. The second kappa shape index (κ2) is 6.93. The van der Waals surface area contributed by atoms with E-state index >= 15 is 0 Å². The van der Waals surface area contributed by atoms with Crippen LogP contribution >= 0.6 is 0 Å². The molecule has 4 nitrogen and oxygen atoms in total. The van der Waals surface area contributed by atoms with Gasteiger partial charge in [0.2, 0.25) is 0 Å². The van der Waals surface area contributed by atoms with Crippen molar-refractivity contribution < 1.29 is 14.3 Å². The number of ketones is 1. The van der Waals surface area contributed by atoms with E-state index in [1.165, 1.54) is 16.7 Å². The number of carbonyl (C=O) groups excluding carboxylic acids is 1. The topological polar surface area (TPSA) is 38.8 Å². The summed E-state index contributed by atoms with van der Waals surface area (Å²) in [6.07, 6.45) is 8.80. The molecule has 2 bridgehead atoms. The lowest BCUT2D eigenvalue weighted by Gasteiger charge is -2.66. The summed E-state index contributed by atoms with van der Waals surface area (Å²) in [6, 6.07) is 4.96. The monoisotopic (exact) mass is 409 g/mol. The van der Waals surface area contributed by atoms with Gasteiger partial charge in [-0.05, 0) is 70.3 Å². The maximum absolute atomic E-state index is 13.3. The minimum Gasteiger partial charge on any atom is -0.486 e. The Morgan fingerprint density at radius 3 is 2.90 bits per heavy atom. The maximum Gasteiger partial charge on any atom is 0.138 e. The second-order valence-electron chi connectivity index (χ2n) is 10.0. The van der Waals surface area contributed by atoms with Gasteiger partial charge in [0.1, 0.15) is 23.7 Å². The van der Waals surface area contributed by atoms with Crippen LogP contribution in [0.2, 0.25) is 0 Å². The van der Waals surface area contributed by atoms with Crippen molar-refractivity contribution in [1.29, 1.82) is 0 Å². The van der Waals surface area contributed by atoms with Crippen molar-refractivity contribution >= 4 is 5.78 Å². The number of likely N-dealkylation sites (N-methyl/N-ethyl adjacent to an activating group) is 1. The van der Waals surface area contributed by atoms with Crippen molar-refractivity contribution in [3.63, 3.8) is 0 Å². The quantitative estimate of drug-likeness (QED) is 0.683. The number of hydrogen-bond donors (Lipinski definition) is 0. The second-order valence-corrected chi connectivity index (χ2v) is 10.0. The Labute approximate surface area is 180 Å². The van der Waals surface area contributed by atoms with Crippen LogP contribution in [-0.4, -0.2) is 49.6 Å². The van der Waals surface area contributed by atoms with Crippen molar-refractivity contribution in [3.05, 3.63) is 41.0 Å². The molecule has 2 aliphatic carbocycles. The van der Waals surface area contributed by atoms with Gasteiger partial charge >= 0.3 is 0 Å². The molecule has 1 saturated carbocycles. The van der Waals surface area contributed by atoms with E-state index in [1.807, 2.05) is 0 Å². The molecule has 0 N–H and O–H groups in total. The number of hydrogen-bond acceptors (Lipinski definition) is 4. The van der Waals surface area contributed by atoms with Crippen molar-refractivity contribution in [3.8, 4) is 5.75 Å². The van der Waals surface area contributed by atoms with E-state index in [-0.39, 0.29) is 29.0 Å². The number of piperidine rings is 1. The summed E-state index contributed by atoms with van der Waals surface area (Å²) in [6.45, 7) is 7.43. The van der Waals surface area contributed by atoms with E-state index in [0.717, 1.165) is 38.0 Å². The van der Waals surface area contributed by atoms with E-state index in [0.29, 0.717) is 18.2 Å². The first kappa shape index (κ1) is 20.3. The highest BCUT2D eigenvalue weighted by atomic mass is 16.5. The van der Waals surface area contributed by atoms with Gasteiger partial charge in [0.15, 0.2) is 0 Å². The molecule has 0 radical (unpaired) electrons. The number of Topliss-reactive ketones (excluding diaryl/α,β-unsaturated/α-hetero) is 1. The number of carbonyl (C=O) groups is 1. The van der Waals surface area contributed by atoms with Gasteiger partial charge in [0, 0.05) is 36.5 Å². The fourth-order valence-corrected chi connectivity index (χ4v) is 7.71. The molecule has 4 aliphatic rings. The first-order chi connectivity index (χ1) is 14.4. The van der Waals surface area contributed by atoms with Gasteiger partial charge in [-0.1, -0.05) is 25.1 Å². The van der Waals surface area contributed by atoms with Crippen LogP contribution in [0.5, 0.6) is 5.75 Å².